The second kappa shape index (κ2) is 10.5. The highest BCUT2D eigenvalue weighted by atomic mass is 31.3. The molecule has 0 aromatic carbocycles. The van der Waals surface area contributed by atoms with Gasteiger partial charge in [-0.2, -0.15) is 13.6 Å². The second-order valence-corrected chi connectivity index (χ2v) is 10.6. The highest BCUT2D eigenvalue weighted by Gasteiger charge is 2.47. The standard InChI is InChI=1S/C10H16N5O14P3.2H2O/c11-10-13-7-4(8(18)14-10)12-2-15(7)9-6(17)5(16)3(27-9)1-26-31(22,23)29-32(24,25)28-30(19,20)21;;/h2-3,5-6,9,16-17H,1H2,(H,22,23)(H,24,25)(H2,19,20,21)(H3,11,13,14,18);2*1H2/t3-,5-,6-,9-;;/m1../s1. The summed E-state index contributed by atoms with van der Waals surface area (Å²) < 4.78 is 51.6. The zero-order valence-electron chi connectivity index (χ0n) is 16.3. The van der Waals surface area contributed by atoms with Crippen molar-refractivity contribution in [2.75, 3.05) is 12.3 Å². The van der Waals surface area contributed by atoms with Crippen LogP contribution >= 0.6 is 23.5 Å². The van der Waals surface area contributed by atoms with E-state index in [1.54, 1.807) is 0 Å². The Hall–Kier alpha value is -1.64. The Kier molecular flexibility index (Phi) is 9.42. The van der Waals surface area contributed by atoms with Crippen molar-refractivity contribution >= 4 is 40.6 Å². The predicted molar refractivity (Wildman–Crippen MR) is 106 cm³/mol. The van der Waals surface area contributed by atoms with Gasteiger partial charge in [-0.3, -0.25) is 18.9 Å². The first-order valence-corrected chi connectivity index (χ1v) is 12.6. The number of aliphatic hydroxyl groups excluding tert-OH is 2. The van der Waals surface area contributed by atoms with Gasteiger partial charge in [0, 0.05) is 0 Å². The molecule has 0 aliphatic carbocycles. The lowest BCUT2D eigenvalue weighted by Crippen LogP contribution is -2.33. The molecule has 0 bridgehead atoms. The average molecular weight is 559 g/mol. The number of nitrogens with one attached hydrogen (secondary N) is 1. The Balaban J connectivity index is 0.00000289. The number of H-pyrrole nitrogens is 1. The molecule has 0 amide bonds. The van der Waals surface area contributed by atoms with Crippen LogP contribution in [0.5, 0.6) is 0 Å². The van der Waals surface area contributed by atoms with Crippen molar-refractivity contribution in [3.05, 3.63) is 16.7 Å². The summed E-state index contributed by atoms with van der Waals surface area (Å²) in [7, 11) is -16.8. The molecular formula is C10H20N5O16P3. The number of hydrogen-bond acceptors (Lipinski definition) is 13. The summed E-state index contributed by atoms with van der Waals surface area (Å²) in [6, 6.07) is 0. The zero-order valence-corrected chi connectivity index (χ0v) is 19.0. The van der Waals surface area contributed by atoms with Crippen molar-refractivity contribution in [2.24, 2.45) is 0 Å². The molecule has 1 aliphatic heterocycles. The van der Waals surface area contributed by atoms with Gasteiger partial charge >= 0.3 is 23.5 Å². The number of aromatic amines is 1. The number of anilines is 1. The first kappa shape index (κ1) is 30.4. The van der Waals surface area contributed by atoms with Crippen molar-refractivity contribution in [1.82, 2.24) is 19.5 Å². The monoisotopic (exact) mass is 559 g/mol. The molecule has 0 saturated carbocycles. The van der Waals surface area contributed by atoms with E-state index in [1.807, 2.05) is 0 Å². The van der Waals surface area contributed by atoms with Crippen LogP contribution in [-0.4, -0.2) is 85.2 Å². The zero-order chi connectivity index (χ0) is 24.1. The molecule has 2 unspecified atom stereocenters. The lowest BCUT2D eigenvalue weighted by Gasteiger charge is -2.19. The van der Waals surface area contributed by atoms with Gasteiger partial charge in [0.15, 0.2) is 17.4 Å². The van der Waals surface area contributed by atoms with Gasteiger partial charge in [0.2, 0.25) is 5.95 Å². The largest absolute Gasteiger partial charge is 0.490 e. The van der Waals surface area contributed by atoms with Gasteiger partial charge in [-0.1, -0.05) is 0 Å². The van der Waals surface area contributed by atoms with Crippen LogP contribution in [0.2, 0.25) is 0 Å². The summed E-state index contributed by atoms with van der Waals surface area (Å²) in [6.45, 7) is -1.01. The molecule has 196 valence electrons. The topological polar surface area (TPSA) is 362 Å². The summed E-state index contributed by atoms with van der Waals surface area (Å²) in [6.07, 6.45) is -5.33. The maximum absolute atomic E-state index is 11.9. The Morgan fingerprint density at radius 2 is 1.71 bits per heavy atom. The summed E-state index contributed by atoms with van der Waals surface area (Å²) in [5, 5.41) is 20.4. The molecule has 1 fully saturated rings. The highest BCUT2D eigenvalue weighted by Crippen LogP contribution is 2.66. The van der Waals surface area contributed by atoms with Crippen molar-refractivity contribution in [2.45, 2.75) is 24.5 Å². The fourth-order valence-corrected chi connectivity index (χ4v) is 5.73. The highest BCUT2D eigenvalue weighted by molar-refractivity contribution is 7.66. The molecule has 0 spiro atoms. The SMILES string of the molecule is Nc1nc2c(ncn2[C@@H]2O[C@H](COP(=O)(O)OP(=O)(O)OP(=O)(O)O)[C@@H](O)[C@H]2O)c(=O)[nH]1.O.O. The Morgan fingerprint density at radius 1 is 1.09 bits per heavy atom. The fourth-order valence-electron chi connectivity index (χ4n) is 2.70. The molecule has 0 radical (unpaired) electrons. The maximum atomic E-state index is 11.9. The van der Waals surface area contributed by atoms with Crippen molar-refractivity contribution in [1.29, 1.82) is 0 Å². The summed E-state index contributed by atoms with van der Waals surface area (Å²) >= 11 is 0. The van der Waals surface area contributed by atoms with Crippen molar-refractivity contribution in [3.63, 3.8) is 0 Å². The minimum absolute atomic E-state index is 0. The number of nitrogen functional groups attached to an aromatic ring is 1. The molecular weight excluding hydrogens is 539 g/mol. The van der Waals surface area contributed by atoms with E-state index in [0.29, 0.717) is 0 Å². The van der Waals surface area contributed by atoms with Gasteiger partial charge in [0.05, 0.1) is 12.9 Å². The first-order valence-electron chi connectivity index (χ1n) is 8.11. The number of phosphoric acid groups is 3. The van der Waals surface area contributed by atoms with Crippen LogP contribution < -0.4 is 11.3 Å². The number of rotatable bonds is 8. The first-order chi connectivity index (χ1) is 14.6. The molecule has 34 heavy (non-hydrogen) atoms. The van der Waals surface area contributed by atoms with E-state index >= 15 is 0 Å². The Labute approximate surface area is 186 Å². The van der Waals surface area contributed by atoms with Crippen molar-refractivity contribution in [3.8, 4) is 0 Å². The molecule has 21 nitrogen and oxygen atoms in total. The van der Waals surface area contributed by atoms with Gasteiger partial charge in [0.25, 0.3) is 5.56 Å². The average Bonchev–Trinajstić information content (AvgIpc) is 3.12. The van der Waals surface area contributed by atoms with E-state index < -0.39 is 60.2 Å². The Bertz CT molecular complexity index is 1210. The summed E-state index contributed by atoms with van der Waals surface area (Å²) in [5.41, 5.74) is 4.50. The minimum Gasteiger partial charge on any atom is -0.412 e. The third-order valence-corrected chi connectivity index (χ3v) is 7.68. The van der Waals surface area contributed by atoms with E-state index in [9.17, 15) is 33.6 Å². The lowest BCUT2D eigenvalue weighted by molar-refractivity contribution is -0.0503. The van der Waals surface area contributed by atoms with Gasteiger partial charge in [-0.25, -0.2) is 18.7 Å². The van der Waals surface area contributed by atoms with Gasteiger partial charge < -0.3 is 51.2 Å². The van der Waals surface area contributed by atoms with Crippen LogP contribution in [0.15, 0.2) is 11.1 Å². The maximum Gasteiger partial charge on any atom is 0.490 e. The van der Waals surface area contributed by atoms with Crippen LogP contribution in [0.25, 0.3) is 11.2 Å². The smallest absolute Gasteiger partial charge is 0.412 e. The molecule has 13 N–H and O–H groups in total. The van der Waals surface area contributed by atoms with E-state index in [4.69, 9.17) is 25.2 Å². The number of fused-ring (bicyclic) bond motifs is 1. The second-order valence-electron chi connectivity index (χ2n) is 6.21. The summed E-state index contributed by atoms with van der Waals surface area (Å²) in [4.78, 5) is 57.3. The van der Waals surface area contributed by atoms with Crippen LogP contribution in [0.1, 0.15) is 6.23 Å². The van der Waals surface area contributed by atoms with Crippen LogP contribution in [0, 0.1) is 0 Å². The molecule has 3 heterocycles. The van der Waals surface area contributed by atoms with E-state index in [2.05, 4.69) is 28.1 Å². The normalized spacial score (nSPS) is 26.3. The van der Waals surface area contributed by atoms with E-state index in [-0.39, 0.29) is 28.1 Å². The quantitative estimate of drug-likeness (QED) is 0.143. The molecule has 2 aromatic rings. The molecule has 2 aromatic heterocycles. The van der Waals surface area contributed by atoms with Gasteiger partial charge in [-0.05, 0) is 0 Å². The fraction of sp³-hybridized carbons (Fsp3) is 0.500. The Morgan fingerprint density at radius 3 is 2.29 bits per heavy atom. The molecule has 1 aliphatic rings. The third kappa shape index (κ3) is 6.95. The summed E-state index contributed by atoms with van der Waals surface area (Å²) in [5.74, 6) is -0.276. The predicted octanol–water partition coefficient (Wildman–Crippen LogP) is -3.99. The lowest BCUT2D eigenvalue weighted by atomic mass is 10.1. The third-order valence-electron chi connectivity index (χ3n) is 3.88. The number of hydrogen-bond donors (Lipinski definition) is 8. The van der Waals surface area contributed by atoms with E-state index in [1.165, 1.54) is 0 Å². The number of imidazole rings is 1. The molecule has 24 heteroatoms. The molecule has 1 saturated heterocycles. The molecule has 3 rings (SSSR count). The number of aliphatic hydroxyl groups is 2. The number of ether oxygens (including phenoxy) is 1. The number of phosphoric ester groups is 1. The van der Waals surface area contributed by atoms with Gasteiger partial charge in [-0.15, -0.1) is 0 Å². The van der Waals surface area contributed by atoms with Gasteiger partial charge in [0.1, 0.15) is 18.3 Å². The number of aromatic nitrogens is 4. The number of nitrogens with two attached hydrogens (primary N) is 1. The van der Waals surface area contributed by atoms with Crippen molar-refractivity contribution < 1.29 is 72.3 Å². The molecule has 6 atom stereocenters. The van der Waals surface area contributed by atoms with E-state index in [0.717, 1.165) is 10.9 Å². The van der Waals surface area contributed by atoms with Crippen LogP contribution in [0.3, 0.4) is 0 Å². The van der Waals surface area contributed by atoms with Crippen LogP contribution in [-0.2, 0) is 31.6 Å². The minimum atomic E-state index is -5.73. The van der Waals surface area contributed by atoms with Crippen LogP contribution in [0.4, 0.5) is 5.95 Å². The number of nitrogens with zero attached hydrogens (tertiary/aromatic N) is 3.